The topological polar surface area (TPSA) is 103 Å². The summed E-state index contributed by atoms with van der Waals surface area (Å²) >= 11 is 0. The second-order valence-electron chi connectivity index (χ2n) is 7.47. The van der Waals surface area contributed by atoms with Crippen LogP contribution in [0.25, 0.3) is 11.3 Å². The predicted molar refractivity (Wildman–Crippen MR) is 112 cm³/mol. The zero-order chi connectivity index (χ0) is 21.8. The van der Waals surface area contributed by atoms with Crippen LogP contribution in [0.2, 0.25) is 0 Å². The first-order chi connectivity index (χ1) is 15.0. The lowest BCUT2D eigenvalue weighted by atomic mass is 10.1. The number of rotatable bonds is 2. The lowest BCUT2D eigenvalue weighted by Gasteiger charge is -2.35. The van der Waals surface area contributed by atoms with Crippen LogP contribution in [0.3, 0.4) is 0 Å². The molecule has 3 amide bonds. The Kier molecular flexibility index (Phi) is 6.13. The van der Waals surface area contributed by atoms with Crippen molar-refractivity contribution in [1.82, 2.24) is 19.7 Å². The van der Waals surface area contributed by atoms with E-state index in [2.05, 4.69) is 4.98 Å². The zero-order valence-electron chi connectivity index (χ0n) is 17.1. The summed E-state index contributed by atoms with van der Waals surface area (Å²) in [7, 11) is 0. The van der Waals surface area contributed by atoms with Crippen LogP contribution >= 0.6 is 0 Å². The van der Waals surface area contributed by atoms with Crippen molar-refractivity contribution in [1.29, 1.82) is 0 Å². The molecule has 9 nitrogen and oxygen atoms in total. The number of piperazine rings is 1. The first-order valence-corrected chi connectivity index (χ1v) is 10.3. The second kappa shape index (κ2) is 9.13. The lowest BCUT2D eigenvalue weighted by Crippen LogP contribution is -2.55. The number of carbonyl (C=O) groups excluding carboxylic acids is 3. The number of H-pyrrole nitrogens is 1. The minimum absolute atomic E-state index is 0.0591. The Bertz CT molecular complexity index is 1020. The van der Waals surface area contributed by atoms with Gasteiger partial charge in [0.2, 0.25) is 0 Å². The predicted octanol–water partition coefficient (Wildman–Crippen LogP) is 0.185. The summed E-state index contributed by atoms with van der Waals surface area (Å²) in [6, 6.07) is 12.6. The minimum atomic E-state index is -0.556. The Hall–Kier alpha value is -3.46. The standard InChI is InChI=1S/C22H24N4O5/c27-19-17(6-7-18(23-19)16-4-2-1-3-5-16)20(28)24-8-10-25(11-9-24)21(29)22(30)26-12-14-31-15-13-26/h1-7H,8-15H2,(H,23,27). The number of nitrogens with one attached hydrogen (secondary N) is 1. The summed E-state index contributed by atoms with van der Waals surface area (Å²) < 4.78 is 5.21. The van der Waals surface area contributed by atoms with Gasteiger partial charge in [-0.25, -0.2) is 0 Å². The molecule has 2 fully saturated rings. The lowest BCUT2D eigenvalue weighted by molar-refractivity contribution is -0.154. The van der Waals surface area contributed by atoms with Gasteiger partial charge in [-0.1, -0.05) is 30.3 Å². The van der Waals surface area contributed by atoms with Crippen molar-refractivity contribution in [3.05, 3.63) is 58.4 Å². The molecule has 0 atom stereocenters. The summed E-state index contributed by atoms with van der Waals surface area (Å²) in [6.07, 6.45) is 0. The van der Waals surface area contributed by atoms with Crippen molar-refractivity contribution < 1.29 is 19.1 Å². The third-order valence-corrected chi connectivity index (χ3v) is 5.56. The highest BCUT2D eigenvalue weighted by atomic mass is 16.5. The highest BCUT2D eigenvalue weighted by Crippen LogP contribution is 2.15. The van der Waals surface area contributed by atoms with Gasteiger partial charge in [0.25, 0.3) is 11.5 Å². The molecule has 2 saturated heterocycles. The van der Waals surface area contributed by atoms with Gasteiger partial charge in [0, 0.05) is 45.0 Å². The number of morpholine rings is 1. The Labute approximate surface area is 179 Å². The van der Waals surface area contributed by atoms with Crippen molar-refractivity contribution in [2.75, 3.05) is 52.5 Å². The third kappa shape index (κ3) is 4.51. The molecule has 2 aliphatic heterocycles. The molecule has 1 N–H and O–H groups in total. The molecule has 1 aromatic heterocycles. The van der Waals surface area contributed by atoms with E-state index in [-0.39, 0.29) is 37.6 Å². The summed E-state index contributed by atoms with van der Waals surface area (Å²) in [5.74, 6) is -1.47. The average Bonchev–Trinajstić information content (AvgIpc) is 2.84. The molecule has 0 bridgehead atoms. The fraction of sp³-hybridized carbons (Fsp3) is 0.364. The van der Waals surface area contributed by atoms with Gasteiger partial charge in [-0.15, -0.1) is 0 Å². The highest BCUT2D eigenvalue weighted by molar-refractivity contribution is 6.34. The number of ether oxygens (including phenoxy) is 1. The number of amides is 3. The number of aromatic amines is 1. The van der Waals surface area contributed by atoms with Crippen LogP contribution in [0.5, 0.6) is 0 Å². The highest BCUT2D eigenvalue weighted by Gasteiger charge is 2.32. The van der Waals surface area contributed by atoms with Crippen molar-refractivity contribution in [3.63, 3.8) is 0 Å². The molecule has 4 rings (SSSR count). The Morgan fingerprint density at radius 3 is 1.94 bits per heavy atom. The maximum atomic E-state index is 12.8. The molecule has 9 heteroatoms. The molecule has 0 spiro atoms. The fourth-order valence-corrected chi connectivity index (χ4v) is 3.75. The van der Waals surface area contributed by atoms with E-state index in [0.29, 0.717) is 32.0 Å². The molecule has 3 heterocycles. The number of nitrogens with zero attached hydrogens (tertiary/aromatic N) is 3. The van der Waals surface area contributed by atoms with E-state index in [1.54, 1.807) is 6.07 Å². The second-order valence-corrected chi connectivity index (χ2v) is 7.47. The quantitative estimate of drug-likeness (QED) is 0.693. The van der Waals surface area contributed by atoms with E-state index in [1.807, 2.05) is 30.3 Å². The molecule has 0 radical (unpaired) electrons. The van der Waals surface area contributed by atoms with Gasteiger partial charge in [-0.3, -0.25) is 19.2 Å². The van der Waals surface area contributed by atoms with Crippen LogP contribution in [0.1, 0.15) is 10.4 Å². The molecule has 1 aromatic carbocycles. The van der Waals surface area contributed by atoms with Gasteiger partial charge in [0.05, 0.1) is 13.2 Å². The molecule has 31 heavy (non-hydrogen) atoms. The van der Waals surface area contributed by atoms with Crippen LogP contribution < -0.4 is 5.56 Å². The van der Waals surface area contributed by atoms with Crippen molar-refractivity contribution in [3.8, 4) is 11.3 Å². The van der Waals surface area contributed by atoms with Crippen LogP contribution in [0.4, 0.5) is 0 Å². The van der Waals surface area contributed by atoms with E-state index in [1.165, 1.54) is 20.8 Å². The first kappa shape index (κ1) is 20.8. The maximum absolute atomic E-state index is 12.8. The molecule has 0 saturated carbocycles. The van der Waals surface area contributed by atoms with E-state index in [9.17, 15) is 19.2 Å². The Morgan fingerprint density at radius 1 is 0.742 bits per heavy atom. The number of pyridine rings is 1. The van der Waals surface area contributed by atoms with E-state index in [4.69, 9.17) is 4.74 Å². The molecular formula is C22H24N4O5. The van der Waals surface area contributed by atoms with E-state index >= 15 is 0 Å². The van der Waals surface area contributed by atoms with Crippen LogP contribution in [-0.4, -0.2) is 89.9 Å². The molecular weight excluding hydrogens is 400 g/mol. The summed E-state index contributed by atoms with van der Waals surface area (Å²) in [5.41, 5.74) is 1.10. The van der Waals surface area contributed by atoms with Crippen LogP contribution in [-0.2, 0) is 14.3 Å². The van der Waals surface area contributed by atoms with Crippen LogP contribution in [0.15, 0.2) is 47.3 Å². The SMILES string of the molecule is O=C(C(=O)N1CCN(C(=O)c2ccc(-c3ccccc3)[nH]c2=O)CC1)N1CCOCC1. The summed E-state index contributed by atoms with van der Waals surface area (Å²) in [6.45, 7) is 2.70. The van der Waals surface area contributed by atoms with Crippen molar-refractivity contribution in [2.45, 2.75) is 0 Å². The van der Waals surface area contributed by atoms with Gasteiger partial charge in [0.15, 0.2) is 0 Å². The number of aromatic nitrogens is 1. The normalized spacial score (nSPS) is 16.8. The molecule has 2 aliphatic rings. The van der Waals surface area contributed by atoms with Gasteiger partial charge in [-0.05, 0) is 17.7 Å². The van der Waals surface area contributed by atoms with E-state index < -0.39 is 17.4 Å². The number of carbonyl (C=O) groups is 3. The minimum Gasteiger partial charge on any atom is -0.378 e. The van der Waals surface area contributed by atoms with Crippen molar-refractivity contribution >= 4 is 17.7 Å². The van der Waals surface area contributed by atoms with Gasteiger partial charge < -0.3 is 24.4 Å². The van der Waals surface area contributed by atoms with E-state index in [0.717, 1.165) is 5.56 Å². The average molecular weight is 424 g/mol. The summed E-state index contributed by atoms with van der Waals surface area (Å²) in [4.78, 5) is 57.5. The molecule has 0 aliphatic carbocycles. The maximum Gasteiger partial charge on any atom is 0.312 e. The third-order valence-electron chi connectivity index (χ3n) is 5.56. The first-order valence-electron chi connectivity index (χ1n) is 10.3. The molecule has 162 valence electrons. The fourth-order valence-electron chi connectivity index (χ4n) is 3.75. The largest absolute Gasteiger partial charge is 0.378 e. The monoisotopic (exact) mass is 424 g/mol. The Morgan fingerprint density at radius 2 is 1.32 bits per heavy atom. The number of hydrogen-bond donors (Lipinski definition) is 1. The molecule has 2 aromatic rings. The van der Waals surface area contributed by atoms with Gasteiger partial charge in [0.1, 0.15) is 5.56 Å². The van der Waals surface area contributed by atoms with Gasteiger partial charge in [-0.2, -0.15) is 0 Å². The van der Waals surface area contributed by atoms with Gasteiger partial charge >= 0.3 is 11.8 Å². The zero-order valence-corrected chi connectivity index (χ0v) is 17.1. The summed E-state index contributed by atoms with van der Waals surface area (Å²) in [5, 5.41) is 0. The Balaban J connectivity index is 1.37. The number of hydrogen-bond acceptors (Lipinski definition) is 5. The van der Waals surface area contributed by atoms with Crippen LogP contribution in [0, 0.1) is 0 Å². The smallest absolute Gasteiger partial charge is 0.312 e. The van der Waals surface area contributed by atoms with Crippen molar-refractivity contribution in [2.24, 2.45) is 0 Å². The number of benzene rings is 1. The molecule has 0 unspecified atom stereocenters.